The molecule has 27 heavy (non-hydrogen) atoms. The van der Waals surface area contributed by atoms with Crippen LogP contribution >= 0.6 is 46.1 Å². The van der Waals surface area contributed by atoms with Crippen molar-refractivity contribution in [2.45, 2.75) is 0 Å². The number of aromatic nitrogens is 4. The van der Waals surface area contributed by atoms with Crippen LogP contribution in [0.25, 0.3) is 21.8 Å². The summed E-state index contributed by atoms with van der Waals surface area (Å²) in [7, 11) is 0. The fourth-order valence-corrected chi connectivity index (χ4v) is 4.18. The Morgan fingerprint density at radius 2 is 1.89 bits per heavy atom. The summed E-state index contributed by atoms with van der Waals surface area (Å²) in [6.07, 6.45) is 3.34. The molecular weight excluding hydrogens is 425 g/mol. The molecule has 0 aliphatic heterocycles. The Kier molecular flexibility index (Phi) is 5.13. The van der Waals surface area contributed by atoms with Crippen LogP contribution < -0.4 is 5.32 Å². The zero-order chi connectivity index (χ0) is 18.8. The van der Waals surface area contributed by atoms with Crippen molar-refractivity contribution < 1.29 is 4.79 Å². The Hall–Kier alpha value is -2.39. The van der Waals surface area contributed by atoms with E-state index in [1.165, 1.54) is 11.3 Å². The second kappa shape index (κ2) is 7.69. The molecule has 1 N–H and O–H groups in total. The maximum absolute atomic E-state index is 12.7. The van der Waals surface area contributed by atoms with Crippen molar-refractivity contribution in [1.82, 2.24) is 19.6 Å². The van der Waals surface area contributed by atoms with Crippen LogP contribution in [0.15, 0.2) is 48.8 Å². The molecule has 0 bridgehead atoms. The summed E-state index contributed by atoms with van der Waals surface area (Å²) in [4.78, 5) is 21.3. The largest absolute Gasteiger partial charge is 0.310 e. The van der Waals surface area contributed by atoms with E-state index in [0.29, 0.717) is 25.6 Å². The highest BCUT2D eigenvalue weighted by molar-refractivity contribution is 7.17. The minimum absolute atomic E-state index is 0.141. The molecule has 0 aliphatic rings. The molecule has 4 aromatic rings. The molecule has 0 spiro atoms. The van der Waals surface area contributed by atoms with Gasteiger partial charge < -0.3 is 5.32 Å². The van der Waals surface area contributed by atoms with Crippen LogP contribution in [0.3, 0.4) is 0 Å². The molecule has 0 saturated heterocycles. The number of halogens is 2. The molecule has 0 radical (unpaired) electrons. The average molecular weight is 434 g/mol. The van der Waals surface area contributed by atoms with Crippen LogP contribution in [0.4, 0.5) is 5.00 Å². The lowest BCUT2D eigenvalue weighted by atomic mass is 10.2. The number of thiazole rings is 1. The molecule has 3 aromatic heterocycles. The standard InChI is InChI=1S/C17H9Cl2N5OS2/c18-11-5-3-9(4-6-11)12-17(27-24-23-12)22-15(25)13-14(19)21-16(26-13)10-2-1-7-20-8-10/h1-8H,(H,22,25). The van der Waals surface area contributed by atoms with Gasteiger partial charge >= 0.3 is 0 Å². The van der Waals surface area contributed by atoms with Crippen molar-refractivity contribution in [2.24, 2.45) is 0 Å². The minimum atomic E-state index is -0.367. The zero-order valence-electron chi connectivity index (χ0n) is 13.4. The lowest BCUT2D eigenvalue weighted by molar-refractivity contribution is 0.103. The smallest absolute Gasteiger partial charge is 0.269 e. The summed E-state index contributed by atoms with van der Waals surface area (Å²) in [6, 6.07) is 10.8. The molecule has 10 heteroatoms. The van der Waals surface area contributed by atoms with Gasteiger partial charge in [0.05, 0.1) is 0 Å². The normalized spacial score (nSPS) is 10.7. The summed E-state index contributed by atoms with van der Waals surface area (Å²) in [5.41, 5.74) is 2.16. The van der Waals surface area contributed by atoms with Gasteiger partial charge in [-0.2, -0.15) is 0 Å². The molecule has 0 fully saturated rings. The number of hydrogen-bond donors (Lipinski definition) is 1. The topological polar surface area (TPSA) is 80.7 Å². The quantitative estimate of drug-likeness (QED) is 0.473. The molecule has 0 saturated carbocycles. The summed E-state index contributed by atoms with van der Waals surface area (Å²) in [6.45, 7) is 0. The molecule has 134 valence electrons. The number of carbonyl (C=O) groups excluding carboxylic acids is 1. The maximum Gasteiger partial charge on any atom is 0.269 e. The molecule has 1 amide bonds. The number of amides is 1. The SMILES string of the molecule is O=C(Nc1snnc1-c1ccc(Cl)cc1)c1sc(-c2cccnc2)nc1Cl. The third-order valence-corrected chi connectivity index (χ3v) is 5.92. The highest BCUT2D eigenvalue weighted by atomic mass is 35.5. The molecule has 3 heterocycles. The van der Waals surface area contributed by atoms with Gasteiger partial charge in [0.2, 0.25) is 0 Å². The number of carbonyl (C=O) groups is 1. The molecule has 0 aliphatic carbocycles. The minimum Gasteiger partial charge on any atom is -0.310 e. The summed E-state index contributed by atoms with van der Waals surface area (Å²) >= 11 is 14.4. The highest BCUT2D eigenvalue weighted by Crippen LogP contribution is 2.33. The number of nitrogens with one attached hydrogen (secondary N) is 1. The summed E-state index contributed by atoms with van der Waals surface area (Å²) < 4.78 is 3.93. The maximum atomic E-state index is 12.7. The Morgan fingerprint density at radius 3 is 2.63 bits per heavy atom. The van der Waals surface area contributed by atoms with Gasteiger partial charge in [0.25, 0.3) is 5.91 Å². The van der Waals surface area contributed by atoms with Gasteiger partial charge in [0.1, 0.15) is 20.6 Å². The lowest BCUT2D eigenvalue weighted by Crippen LogP contribution is -2.10. The molecule has 6 nitrogen and oxygen atoms in total. The predicted molar refractivity (Wildman–Crippen MR) is 109 cm³/mol. The van der Waals surface area contributed by atoms with E-state index in [1.807, 2.05) is 18.2 Å². The predicted octanol–water partition coefficient (Wildman–Crippen LogP) is 5.28. The van der Waals surface area contributed by atoms with Crippen LogP contribution in [0.2, 0.25) is 10.2 Å². The Labute approximate surface area is 172 Å². The van der Waals surface area contributed by atoms with E-state index in [-0.39, 0.29) is 11.1 Å². The van der Waals surface area contributed by atoms with Crippen molar-refractivity contribution >= 4 is 57.0 Å². The van der Waals surface area contributed by atoms with E-state index in [2.05, 4.69) is 24.9 Å². The van der Waals surface area contributed by atoms with E-state index in [9.17, 15) is 4.79 Å². The highest BCUT2D eigenvalue weighted by Gasteiger charge is 2.20. The zero-order valence-corrected chi connectivity index (χ0v) is 16.5. The second-order valence-corrected chi connectivity index (χ2v) is 7.84. The van der Waals surface area contributed by atoms with Crippen LogP contribution in [0, 0.1) is 0 Å². The van der Waals surface area contributed by atoms with E-state index in [1.54, 1.807) is 30.6 Å². The van der Waals surface area contributed by atoms with Gasteiger partial charge in [-0.1, -0.05) is 39.8 Å². The monoisotopic (exact) mass is 433 g/mol. The number of hydrogen-bond acceptors (Lipinski definition) is 7. The Balaban J connectivity index is 1.60. The summed E-state index contributed by atoms with van der Waals surface area (Å²) in [5.74, 6) is -0.367. The second-order valence-electron chi connectivity index (χ2n) is 5.29. The first-order chi connectivity index (χ1) is 13.1. The first kappa shape index (κ1) is 18.0. The van der Waals surface area contributed by atoms with Crippen molar-refractivity contribution in [3.63, 3.8) is 0 Å². The molecule has 4 rings (SSSR count). The Morgan fingerprint density at radius 1 is 1.07 bits per heavy atom. The first-order valence-corrected chi connectivity index (χ1v) is 9.93. The summed E-state index contributed by atoms with van der Waals surface area (Å²) in [5, 5.41) is 8.82. The van der Waals surface area contributed by atoms with Crippen molar-refractivity contribution in [1.29, 1.82) is 0 Å². The molecule has 1 aromatic carbocycles. The van der Waals surface area contributed by atoms with Crippen LogP contribution in [-0.4, -0.2) is 25.5 Å². The van der Waals surface area contributed by atoms with Gasteiger partial charge in [0, 0.05) is 40.1 Å². The third kappa shape index (κ3) is 3.84. The number of nitrogens with zero attached hydrogens (tertiary/aromatic N) is 4. The van der Waals surface area contributed by atoms with E-state index >= 15 is 0 Å². The van der Waals surface area contributed by atoms with Gasteiger partial charge in [-0.3, -0.25) is 9.78 Å². The third-order valence-electron chi connectivity index (χ3n) is 3.53. The van der Waals surface area contributed by atoms with Crippen LogP contribution in [0.1, 0.15) is 9.67 Å². The van der Waals surface area contributed by atoms with E-state index < -0.39 is 0 Å². The van der Waals surface area contributed by atoms with Crippen LogP contribution in [0.5, 0.6) is 0 Å². The molecule has 0 unspecified atom stereocenters. The first-order valence-electron chi connectivity index (χ1n) is 7.58. The number of rotatable bonds is 4. The van der Waals surface area contributed by atoms with Gasteiger partial charge in [-0.15, -0.1) is 16.4 Å². The van der Waals surface area contributed by atoms with Gasteiger partial charge in [-0.25, -0.2) is 4.98 Å². The number of pyridine rings is 1. The number of anilines is 1. The average Bonchev–Trinajstić information content (AvgIpc) is 3.30. The molecule has 0 atom stereocenters. The van der Waals surface area contributed by atoms with Crippen molar-refractivity contribution in [3.05, 3.63) is 63.8 Å². The van der Waals surface area contributed by atoms with E-state index in [0.717, 1.165) is 22.7 Å². The van der Waals surface area contributed by atoms with Crippen LogP contribution in [-0.2, 0) is 0 Å². The number of benzene rings is 1. The van der Waals surface area contributed by atoms with Gasteiger partial charge in [-0.05, 0) is 24.3 Å². The van der Waals surface area contributed by atoms with E-state index in [4.69, 9.17) is 23.2 Å². The molecular formula is C17H9Cl2N5OS2. The van der Waals surface area contributed by atoms with Crippen molar-refractivity contribution in [3.8, 4) is 21.8 Å². The van der Waals surface area contributed by atoms with Gasteiger partial charge in [0.15, 0.2) is 5.15 Å². The Bertz CT molecular complexity index is 1100. The lowest BCUT2D eigenvalue weighted by Gasteiger charge is -2.03. The fourth-order valence-electron chi connectivity index (χ4n) is 2.28. The van der Waals surface area contributed by atoms with Crippen molar-refractivity contribution in [2.75, 3.05) is 5.32 Å². The fraction of sp³-hybridized carbons (Fsp3) is 0.